The lowest BCUT2D eigenvalue weighted by atomic mass is 9.78. The van der Waals surface area contributed by atoms with Crippen LogP contribution in [0, 0.1) is 5.82 Å². The second kappa shape index (κ2) is 6.74. The van der Waals surface area contributed by atoms with Gasteiger partial charge in [-0.15, -0.1) is 0 Å². The Hall–Kier alpha value is -1.23. The van der Waals surface area contributed by atoms with E-state index in [1.54, 1.807) is 12.1 Å². The topological polar surface area (TPSA) is 15.3 Å². The van der Waals surface area contributed by atoms with E-state index in [0.29, 0.717) is 17.9 Å². The zero-order valence-electron chi connectivity index (χ0n) is 15.6. The molecule has 1 saturated heterocycles. The number of rotatable bonds is 2. The molecule has 26 heavy (non-hydrogen) atoms. The average molecular weight is 417 g/mol. The van der Waals surface area contributed by atoms with Crippen LogP contribution in [0.4, 0.5) is 4.39 Å². The van der Waals surface area contributed by atoms with E-state index in [0.717, 1.165) is 24.0 Å². The fourth-order valence-electron chi connectivity index (χ4n) is 4.82. The van der Waals surface area contributed by atoms with Gasteiger partial charge in [-0.25, -0.2) is 4.39 Å². The summed E-state index contributed by atoms with van der Waals surface area (Å²) >= 11 is 3.66. The van der Waals surface area contributed by atoms with Gasteiger partial charge in [0.2, 0.25) is 0 Å². The van der Waals surface area contributed by atoms with Crippen LogP contribution in [0.1, 0.15) is 48.8 Å². The van der Waals surface area contributed by atoms with Gasteiger partial charge in [-0.1, -0.05) is 34.1 Å². The van der Waals surface area contributed by atoms with E-state index < -0.39 is 0 Å². The molecule has 1 N–H and O–H groups in total. The fourth-order valence-corrected chi connectivity index (χ4v) is 5.19. The Balaban J connectivity index is 1.76. The van der Waals surface area contributed by atoms with Crippen LogP contribution in [0.5, 0.6) is 0 Å². The third-order valence-corrected chi connectivity index (χ3v) is 7.04. The Labute approximate surface area is 163 Å². The van der Waals surface area contributed by atoms with Crippen molar-refractivity contribution in [3.63, 3.8) is 0 Å². The van der Waals surface area contributed by atoms with E-state index in [4.69, 9.17) is 0 Å². The number of fused-ring (bicyclic) bond motifs is 1. The van der Waals surface area contributed by atoms with Crippen molar-refractivity contribution < 1.29 is 4.39 Å². The molecule has 0 spiro atoms. The summed E-state index contributed by atoms with van der Waals surface area (Å²) in [5.74, 6) is 0.597. The number of likely N-dealkylation sites (N-methyl/N-ethyl adjacent to an activating group) is 1. The van der Waals surface area contributed by atoms with Crippen LogP contribution < -0.4 is 5.32 Å². The molecule has 4 heteroatoms. The minimum atomic E-state index is -0.170. The average Bonchev–Trinajstić information content (AvgIpc) is 2.96. The molecule has 2 aromatic rings. The molecule has 1 fully saturated rings. The van der Waals surface area contributed by atoms with Crippen molar-refractivity contribution in [2.45, 2.75) is 43.7 Å². The molecule has 0 aromatic heterocycles. The van der Waals surface area contributed by atoms with Gasteiger partial charge in [-0.2, -0.15) is 0 Å². The van der Waals surface area contributed by atoms with Crippen molar-refractivity contribution >= 4 is 15.9 Å². The Morgan fingerprint density at radius 2 is 1.85 bits per heavy atom. The summed E-state index contributed by atoms with van der Waals surface area (Å²) in [5.41, 5.74) is 4.10. The Kier molecular flexibility index (Phi) is 4.70. The van der Waals surface area contributed by atoms with Gasteiger partial charge < -0.3 is 5.32 Å². The summed E-state index contributed by atoms with van der Waals surface area (Å²) in [5, 5.41) is 3.81. The van der Waals surface area contributed by atoms with Gasteiger partial charge >= 0.3 is 0 Å². The van der Waals surface area contributed by atoms with Crippen molar-refractivity contribution in [1.82, 2.24) is 10.2 Å². The molecule has 0 amide bonds. The number of nitrogens with one attached hydrogen (secondary N) is 1. The van der Waals surface area contributed by atoms with E-state index in [9.17, 15) is 4.39 Å². The third-order valence-electron chi connectivity index (χ3n) is 6.54. The molecule has 138 valence electrons. The highest BCUT2D eigenvalue weighted by molar-refractivity contribution is 9.10. The molecule has 4 rings (SSSR count). The van der Waals surface area contributed by atoms with Crippen molar-refractivity contribution in [2.24, 2.45) is 0 Å². The number of piperazine rings is 1. The lowest BCUT2D eigenvalue weighted by molar-refractivity contribution is 0.0609. The van der Waals surface area contributed by atoms with Gasteiger partial charge in [0.05, 0.1) is 0 Å². The maximum Gasteiger partial charge on any atom is 0.123 e. The van der Waals surface area contributed by atoms with Crippen LogP contribution in [-0.4, -0.2) is 36.6 Å². The summed E-state index contributed by atoms with van der Waals surface area (Å²) in [7, 11) is 2.22. The van der Waals surface area contributed by atoms with Crippen LogP contribution in [0.25, 0.3) is 0 Å². The van der Waals surface area contributed by atoms with Crippen molar-refractivity contribution in [3.05, 3.63) is 69.4 Å². The van der Waals surface area contributed by atoms with Crippen LogP contribution in [0.3, 0.4) is 0 Å². The van der Waals surface area contributed by atoms with Gasteiger partial charge in [0.25, 0.3) is 0 Å². The maximum absolute atomic E-state index is 13.4. The fraction of sp³-hybridized carbons (Fsp3) is 0.455. The van der Waals surface area contributed by atoms with Crippen LogP contribution >= 0.6 is 15.9 Å². The van der Waals surface area contributed by atoms with Crippen LogP contribution in [0.15, 0.2) is 46.9 Å². The smallest absolute Gasteiger partial charge is 0.123 e. The number of benzene rings is 2. The lowest BCUT2D eigenvalue weighted by Crippen LogP contribution is -2.64. The quantitative estimate of drug-likeness (QED) is 0.749. The SMILES string of the molecule is CN1CCNC(C2CC(c3ccc(F)cc3)c3ccc(Br)cc32)C1(C)C. The molecule has 2 aliphatic rings. The Morgan fingerprint density at radius 1 is 1.12 bits per heavy atom. The first kappa shape index (κ1) is 18.1. The van der Waals surface area contributed by atoms with Crippen molar-refractivity contribution in [1.29, 1.82) is 0 Å². The summed E-state index contributed by atoms with van der Waals surface area (Å²) in [6.07, 6.45) is 1.06. The highest BCUT2D eigenvalue weighted by Crippen LogP contribution is 2.49. The zero-order chi connectivity index (χ0) is 18.5. The molecule has 0 radical (unpaired) electrons. The highest BCUT2D eigenvalue weighted by atomic mass is 79.9. The molecule has 3 unspecified atom stereocenters. The van der Waals surface area contributed by atoms with Gasteiger partial charge in [-0.3, -0.25) is 4.90 Å². The molecular weight excluding hydrogens is 391 g/mol. The normalized spacial score (nSPS) is 28.1. The third kappa shape index (κ3) is 3.02. The summed E-state index contributed by atoms with van der Waals surface area (Å²) in [6.45, 7) is 6.77. The van der Waals surface area contributed by atoms with E-state index >= 15 is 0 Å². The molecule has 1 heterocycles. The largest absolute Gasteiger partial charge is 0.310 e. The van der Waals surface area contributed by atoms with Crippen LogP contribution in [-0.2, 0) is 0 Å². The molecule has 1 aliphatic carbocycles. The second-order valence-corrected chi connectivity index (χ2v) is 9.14. The second-order valence-electron chi connectivity index (χ2n) is 8.23. The first-order valence-corrected chi connectivity index (χ1v) is 10.2. The first-order valence-electron chi connectivity index (χ1n) is 9.37. The van der Waals surface area contributed by atoms with E-state index in [2.05, 4.69) is 65.2 Å². The maximum atomic E-state index is 13.4. The number of hydrogen-bond acceptors (Lipinski definition) is 2. The molecule has 0 bridgehead atoms. The van der Waals surface area contributed by atoms with Gasteiger partial charge in [0.1, 0.15) is 5.82 Å². The van der Waals surface area contributed by atoms with E-state index in [1.807, 2.05) is 12.1 Å². The highest BCUT2D eigenvalue weighted by Gasteiger charge is 2.45. The molecular formula is C22H26BrFN2. The minimum Gasteiger partial charge on any atom is -0.310 e. The molecule has 2 nitrogen and oxygen atoms in total. The van der Waals surface area contributed by atoms with Gasteiger partial charge in [0, 0.05) is 41.0 Å². The molecule has 0 saturated carbocycles. The summed E-state index contributed by atoms with van der Waals surface area (Å²) in [6, 6.07) is 14.1. The standard InChI is InChI=1S/C22H26BrFN2/c1-22(2)21(25-10-11-26(22)3)20-13-18(14-4-7-16(24)8-5-14)17-9-6-15(23)12-19(17)20/h4-9,12,18,20-21,25H,10-11,13H2,1-3H3. The predicted molar refractivity (Wildman–Crippen MR) is 108 cm³/mol. The first-order chi connectivity index (χ1) is 12.4. The zero-order valence-corrected chi connectivity index (χ0v) is 17.2. The number of halogens is 2. The summed E-state index contributed by atoms with van der Waals surface area (Å²) in [4.78, 5) is 2.47. The molecule has 2 aromatic carbocycles. The molecule has 3 atom stereocenters. The summed E-state index contributed by atoms with van der Waals surface area (Å²) < 4.78 is 14.5. The van der Waals surface area contributed by atoms with Crippen LogP contribution in [0.2, 0.25) is 0 Å². The lowest BCUT2D eigenvalue weighted by Gasteiger charge is -2.49. The van der Waals surface area contributed by atoms with E-state index in [-0.39, 0.29) is 11.4 Å². The Bertz CT molecular complexity index is 802. The molecule has 1 aliphatic heterocycles. The van der Waals surface area contributed by atoms with Gasteiger partial charge in [0.15, 0.2) is 0 Å². The predicted octanol–water partition coefficient (Wildman–Crippen LogP) is 4.89. The monoisotopic (exact) mass is 416 g/mol. The number of hydrogen-bond donors (Lipinski definition) is 1. The van der Waals surface area contributed by atoms with Gasteiger partial charge in [-0.05, 0) is 68.3 Å². The van der Waals surface area contributed by atoms with E-state index in [1.165, 1.54) is 16.7 Å². The number of nitrogens with zero attached hydrogens (tertiary/aromatic N) is 1. The Morgan fingerprint density at radius 3 is 2.58 bits per heavy atom. The van der Waals surface area contributed by atoms with Crippen molar-refractivity contribution in [2.75, 3.05) is 20.1 Å². The minimum absolute atomic E-state index is 0.0835. The van der Waals surface area contributed by atoms with Crippen molar-refractivity contribution in [3.8, 4) is 0 Å².